The number of hydrogen-bond donors (Lipinski definition) is 1. The van der Waals surface area contributed by atoms with Crippen LogP contribution in [-0.4, -0.2) is 73.5 Å². The molecule has 2 fully saturated rings. The van der Waals surface area contributed by atoms with E-state index in [0.717, 1.165) is 39.4 Å². The number of ether oxygens (including phenoxy) is 1. The Kier molecular flexibility index (Phi) is 7.28. The molecule has 4 nitrogen and oxygen atoms in total. The minimum absolute atomic E-state index is 0.233. The van der Waals surface area contributed by atoms with Gasteiger partial charge in [0.1, 0.15) is 0 Å². The Hall–Kier alpha value is -0.160. The van der Waals surface area contributed by atoms with E-state index in [2.05, 4.69) is 16.8 Å². The summed E-state index contributed by atoms with van der Waals surface area (Å²) in [4.78, 5) is 4.72. The molecule has 1 atom stereocenters. The molecule has 0 aromatic carbocycles. The Labute approximate surface area is 124 Å². The molecule has 2 rings (SSSR count). The first kappa shape index (κ1) is 16.2. The second kappa shape index (κ2) is 8.98. The van der Waals surface area contributed by atoms with E-state index < -0.39 is 0 Å². The van der Waals surface area contributed by atoms with Gasteiger partial charge in [0.05, 0.1) is 19.3 Å². The van der Waals surface area contributed by atoms with Crippen molar-refractivity contribution in [2.24, 2.45) is 0 Å². The van der Waals surface area contributed by atoms with Gasteiger partial charge >= 0.3 is 0 Å². The molecule has 0 aromatic heterocycles. The van der Waals surface area contributed by atoms with E-state index in [0.29, 0.717) is 6.04 Å². The maximum Gasteiger partial charge on any atom is 0.0793 e. The summed E-state index contributed by atoms with van der Waals surface area (Å²) < 4.78 is 5.35. The molecule has 0 spiro atoms. The molecule has 1 aliphatic carbocycles. The third-order valence-electron chi connectivity index (χ3n) is 4.77. The van der Waals surface area contributed by atoms with Crippen LogP contribution in [0.2, 0.25) is 0 Å². The van der Waals surface area contributed by atoms with Gasteiger partial charge in [0, 0.05) is 32.2 Å². The number of rotatable bonds is 5. The van der Waals surface area contributed by atoms with Crippen LogP contribution in [0.3, 0.4) is 0 Å². The van der Waals surface area contributed by atoms with Gasteiger partial charge in [-0.2, -0.15) is 0 Å². The summed E-state index contributed by atoms with van der Waals surface area (Å²) >= 11 is 0. The molecule has 1 saturated heterocycles. The molecule has 2 aliphatic rings. The molecule has 1 saturated carbocycles. The number of β-amino-alcohol motifs (C(OH)–C–C–N with tert-alkyl or cyclic N) is 1. The van der Waals surface area contributed by atoms with Gasteiger partial charge in [-0.25, -0.2) is 0 Å². The first-order valence-electron chi connectivity index (χ1n) is 8.44. The van der Waals surface area contributed by atoms with Crippen LogP contribution < -0.4 is 0 Å². The lowest BCUT2D eigenvalue weighted by Gasteiger charge is -2.33. The van der Waals surface area contributed by atoms with Crippen molar-refractivity contribution in [2.45, 2.75) is 57.1 Å². The number of nitrogens with zero attached hydrogens (tertiary/aromatic N) is 2. The molecule has 0 amide bonds. The van der Waals surface area contributed by atoms with Crippen LogP contribution in [0.5, 0.6) is 0 Å². The molecular formula is C16H32N2O2. The summed E-state index contributed by atoms with van der Waals surface area (Å²) in [6.07, 6.45) is 9.28. The predicted molar refractivity (Wildman–Crippen MR) is 82.0 cm³/mol. The highest BCUT2D eigenvalue weighted by molar-refractivity contribution is 4.76. The molecule has 1 N–H and O–H groups in total. The van der Waals surface area contributed by atoms with Gasteiger partial charge in [-0.05, 0) is 19.9 Å². The van der Waals surface area contributed by atoms with E-state index in [4.69, 9.17) is 4.74 Å². The van der Waals surface area contributed by atoms with Gasteiger partial charge in [-0.1, -0.05) is 32.1 Å². The van der Waals surface area contributed by atoms with Crippen LogP contribution in [0.15, 0.2) is 0 Å². The molecule has 1 aliphatic heterocycles. The summed E-state index contributed by atoms with van der Waals surface area (Å²) in [7, 11) is 2.19. The van der Waals surface area contributed by atoms with Crippen molar-refractivity contribution in [3.8, 4) is 0 Å². The van der Waals surface area contributed by atoms with E-state index in [1.165, 1.54) is 44.9 Å². The van der Waals surface area contributed by atoms with Crippen molar-refractivity contribution in [2.75, 3.05) is 46.4 Å². The number of likely N-dealkylation sites (N-methyl/N-ethyl adjacent to an activating group) is 1. The first-order valence-corrected chi connectivity index (χ1v) is 8.44. The number of morpholine rings is 1. The lowest BCUT2D eigenvalue weighted by molar-refractivity contribution is 0.00483. The maximum absolute atomic E-state index is 10.3. The zero-order chi connectivity index (χ0) is 14.2. The Morgan fingerprint density at radius 2 is 1.70 bits per heavy atom. The topological polar surface area (TPSA) is 35.9 Å². The molecule has 20 heavy (non-hydrogen) atoms. The molecule has 1 heterocycles. The standard InChI is InChI=1S/C16H32N2O2/c1-17(15-7-5-3-2-4-6-8-15)13-16(19)14-18-9-11-20-12-10-18/h15-16,19H,2-14H2,1H3. The highest BCUT2D eigenvalue weighted by atomic mass is 16.5. The molecule has 1 unspecified atom stereocenters. The largest absolute Gasteiger partial charge is 0.390 e. The fraction of sp³-hybridized carbons (Fsp3) is 1.00. The summed E-state index contributed by atoms with van der Waals surface area (Å²) in [6, 6.07) is 0.676. The normalized spacial score (nSPS) is 25.4. The average Bonchev–Trinajstić information content (AvgIpc) is 2.38. The van der Waals surface area contributed by atoms with Gasteiger partial charge in [0.2, 0.25) is 0 Å². The Bertz CT molecular complexity index is 249. The van der Waals surface area contributed by atoms with E-state index >= 15 is 0 Å². The second-order valence-corrected chi connectivity index (χ2v) is 6.51. The monoisotopic (exact) mass is 284 g/mol. The fourth-order valence-corrected chi connectivity index (χ4v) is 3.50. The van der Waals surface area contributed by atoms with Crippen LogP contribution in [-0.2, 0) is 4.74 Å². The minimum Gasteiger partial charge on any atom is -0.390 e. The van der Waals surface area contributed by atoms with Gasteiger partial charge < -0.3 is 14.7 Å². The highest BCUT2D eigenvalue weighted by Crippen LogP contribution is 2.20. The summed E-state index contributed by atoms with van der Waals surface area (Å²) in [5.41, 5.74) is 0. The van der Waals surface area contributed by atoms with Crippen molar-refractivity contribution in [1.29, 1.82) is 0 Å². The molecule has 0 aromatic rings. The van der Waals surface area contributed by atoms with Gasteiger partial charge in [-0.15, -0.1) is 0 Å². The maximum atomic E-state index is 10.3. The molecule has 118 valence electrons. The summed E-state index contributed by atoms with van der Waals surface area (Å²) in [5.74, 6) is 0. The summed E-state index contributed by atoms with van der Waals surface area (Å²) in [5, 5.41) is 10.3. The van der Waals surface area contributed by atoms with Crippen LogP contribution in [0.4, 0.5) is 0 Å². The van der Waals surface area contributed by atoms with Gasteiger partial charge in [-0.3, -0.25) is 4.90 Å². The fourth-order valence-electron chi connectivity index (χ4n) is 3.50. The van der Waals surface area contributed by atoms with Crippen molar-refractivity contribution in [3.63, 3.8) is 0 Å². The van der Waals surface area contributed by atoms with Crippen LogP contribution in [0.25, 0.3) is 0 Å². The van der Waals surface area contributed by atoms with Gasteiger partial charge in [0.25, 0.3) is 0 Å². The third-order valence-corrected chi connectivity index (χ3v) is 4.77. The SMILES string of the molecule is CN(CC(O)CN1CCOCC1)C1CCCCCCC1. The lowest BCUT2D eigenvalue weighted by atomic mass is 9.95. The van der Waals surface area contributed by atoms with E-state index in [9.17, 15) is 5.11 Å². The quantitative estimate of drug-likeness (QED) is 0.834. The highest BCUT2D eigenvalue weighted by Gasteiger charge is 2.20. The number of aliphatic hydroxyl groups is 1. The summed E-state index contributed by atoms with van der Waals surface area (Å²) in [6.45, 7) is 5.15. The Morgan fingerprint density at radius 3 is 2.35 bits per heavy atom. The van der Waals surface area contributed by atoms with Crippen molar-refractivity contribution < 1.29 is 9.84 Å². The predicted octanol–water partition coefficient (Wildman–Crippen LogP) is 1.72. The minimum atomic E-state index is -0.233. The van der Waals surface area contributed by atoms with Crippen molar-refractivity contribution in [1.82, 2.24) is 9.80 Å². The third kappa shape index (κ3) is 5.68. The Morgan fingerprint density at radius 1 is 1.10 bits per heavy atom. The molecule has 4 heteroatoms. The van der Waals surface area contributed by atoms with E-state index in [1.807, 2.05) is 0 Å². The van der Waals surface area contributed by atoms with Crippen molar-refractivity contribution >= 4 is 0 Å². The molecule has 0 bridgehead atoms. The smallest absolute Gasteiger partial charge is 0.0793 e. The van der Waals surface area contributed by atoms with Crippen LogP contribution in [0.1, 0.15) is 44.9 Å². The van der Waals surface area contributed by atoms with Crippen molar-refractivity contribution in [3.05, 3.63) is 0 Å². The van der Waals surface area contributed by atoms with E-state index in [1.54, 1.807) is 0 Å². The zero-order valence-electron chi connectivity index (χ0n) is 13.1. The first-order chi connectivity index (χ1) is 9.75. The molecular weight excluding hydrogens is 252 g/mol. The zero-order valence-corrected chi connectivity index (χ0v) is 13.1. The average molecular weight is 284 g/mol. The second-order valence-electron chi connectivity index (χ2n) is 6.51. The Balaban J connectivity index is 1.69. The number of aliphatic hydroxyl groups excluding tert-OH is 1. The van der Waals surface area contributed by atoms with Gasteiger partial charge in [0.15, 0.2) is 0 Å². The van der Waals surface area contributed by atoms with Crippen LogP contribution in [0, 0.1) is 0 Å². The lowest BCUT2D eigenvalue weighted by Crippen LogP contribution is -2.45. The molecule has 0 radical (unpaired) electrons. The number of hydrogen-bond acceptors (Lipinski definition) is 4. The van der Waals surface area contributed by atoms with Crippen LogP contribution >= 0.6 is 0 Å². The van der Waals surface area contributed by atoms with E-state index in [-0.39, 0.29) is 6.10 Å².